The van der Waals surface area contributed by atoms with Crippen molar-refractivity contribution in [2.75, 3.05) is 13.1 Å². The Balaban J connectivity index is 1.89. The van der Waals surface area contributed by atoms with E-state index < -0.39 is 5.60 Å². The van der Waals surface area contributed by atoms with Gasteiger partial charge in [-0.3, -0.25) is 0 Å². The summed E-state index contributed by atoms with van der Waals surface area (Å²) in [5, 5.41) is 12.7. The molecule has 1 aliphatic carbocycles. The van der Waals surface area contributed by atoms with Crippen molar-refractivity contribution in [3.8, 4) is 6.07 Å². The molecule has 1 saturated heterocycles. The van der Waals surface area contributed by atoms with Crippen molar-refractivity contribution in [1.82, 2.24) is 10.2 Å². The molecule has 22 heavy (non-hydrogen) atoms. The highest BCUT2D eigenvalue weighted by molar-refractivity contribution is 5.68. The van der Waals surface area contributed by atoms with Gasteiger partial charge in [-0.15, -0.1) is 0 Å². The second-order valence-corrected chi connectivity index (χ2v) is 7.50. The summed E-state index contributed by atoms with van der Waals surface area (Å²) in [6.45, 7) is 7.24. The second kappa shape index (κ2) is 7.32. The molecule has 1 amide bonds. The van der Waals surface area contributed by atoms with E-state index in [2.05, 4.69) is 11.4 Å². The SMILES string of the molecule is CC(C)(C)OC(=O)N1CCCCC1CNC1CCCC1C#N. The van der Waals surface area contributed by atoms with Gasteiger partial charge in [-0.25, -0.2) is 4.79 Å². The summed E-state index contributed by atoms with van der Waals surface area (Å²) >= 11 is 0. The lowest BCUT2D eigenvalue weighted by Gasteiger charge is -2.37. The molecule has 0 aromatic heterocycles. The van der Waals surface area contributed by atoms with E-state index in [1.54, 1.807) is 0 Å². The third-order valence-corrected chi connectivity index (χ3v) is 4.55. The predicted molar refractivity (Wildman–Crippen MR) is 85.3 cm³/mol. The molecule has 0 aromatic carbocycles. The number of rotatable bonds is 3. The van der Waals surface area contributed by atoms with Crippen LogP contribution in [0.1, 0.15) is 59.3 Å². The molecule has 1 aliphatic heterocycles. The smallest absolute Gasteiger partial charge is 0.410 e. The van der Waals surface area contributed by atoms with Crippen LogP contribution in [0.5, 0.6) is 0 Å². The van der Waals surface area contributed by atoms with Crippen molar-refractivity contribution in [3.63, 3.8) is 0 Å². The standard InChI is InChI=1S/C17H29N3O2/c1-17(2,3)22-16(21)20-10-5-4-8-14(20)12-19-15-9-6-7-13(15)11-18/h13-15,19H,4-10,12H2,1-3H3. The molecular formula is C17H29N3O2. The molecule has 0 bridgehead atoms. The van der Waals surface area contributed by atoms with Gasteiger partial charge in [0.1, 0.15) is 5.60 Å². The molecule has 0 radical (unpaired) electrons. The Morgan fingerprint density at radius 1 is 1.27 bits per heavy atom. The lowest BCUT2D eigenvalue weighted by molar-refractivity contribution is 0.00959. The minimum absolute atomic E-state index is 0.124. The van der Waals surface area contributed by atoms with Gasteiger partial charge in [-0.2, -0.15) is 5.26 Å². The number of hydrogen-bond donors (Lipinski definition) is 1. The van der Waals surface area contributed by atoms with Gasteiger partial charge in [-0.1, -0.05) is 6.42 Å². The molecule has 1 heterocycles. The zero-order valence-corrected chi connectivity index (χ0v) is 14.1. The number of likely N-dealkylation sites (tertiary alicyclic amines) is 1. The van der Waals surface area contributed by atoms with Crippen LogP contribution in [0.4, 0.5) is 4.79 Å². The van der Waals surface area contributed by atoms with E-state index >= 15 is 0 Å². The molecular weight excluding hydrogens is 278 g/mol. The first kappa shape index (κ1) is 17.1. The number of hydrogen-bond acceptors (Lipinski definition) is 4. The van der Waals surface area contributed by atoms with Gasteiger partial charge < -0.3 is 15.0 Å². The number of carbonyl (C=O) groups is 1. The highest BCUT2D eigenvalue weighted by Crippen LogP contribution is 2.26. The van der Waals surface area contributed by atoms with Gasteiger partial charge in [0, 0.05) is 25.2 Å². The van der Waals surface area contributed by atoms with Crippen LogP contribution in [0.15, 0.2) is 0 Å². The Bertz CT molecular complexity index is 425. The van der Waals surface area contributed by atoms with Crippen LogP contribution in [0.3, 0.4) is 0 Å². The van der Waals surface area contributed by atoms with Gasteiger partial charge in [0.05, 0.1) is 12.0 Å². The van der Waals surface area contributed by atoms with Crippen molar-refractivity contribution >= 4 is 6.09 Å². The fraction of sp³-hybridized carbons (Fsp3) is 0.882. The van der Waals surface area contributed by atoms with Gasteiger partial charge >= 0.3 is 6.09 Å². The molecule has 2 fully saturated rings. The minimum Gasteiger partial charge on any atom is -0.444 e. The molecule has 2 rings (SSSR count). The van der Waals surface area contributed by atoms with Crippen LogP contribution >= 0.6 is 0 Å². The fourth-order valence-corrected chi connectivity index (χ4v) is 3.42. The van der Waals surface area contributed by atoms with Crippen LogP contribution in [0.2, 0.25) is 0 Å². The summed E-state index contributed by atoms with van der Waals surface area (Å²) in [7, 11) is 0. The average Bonchev–Trinajstić information content (AvgIpc) is 2.91. The normalized spacial score (nSPS) is 29.2. The predicted octanol–water partition coefficient (Wildman–Crippen LogP) is 3.06. The van der Waals surface area contributed by atoms with E-state index in [1.807, 2.05) is 25.7 Å². The number of nitrogens with one attached hydrogen (secondary N) is 1. The summed E-state index contributed by atoms with van der Waals surface area (Å²) < 4.78 is 5.53. The van der Waals surface area contributed by atoms with Crippen LogP contribution < -0.4 is 5.32 Å². The topological polar surface area (TPSA) is 65.4 Å². The molecule has 0 spiro atoms. The number of piperidine rings is 1. The third kappa shape index (κ3) is 4.61. The lowest BCUT2D eigenvalue weighted by atomic mass is 10.0. The molecule has 5 nitrogen and oxygen atoms in total. The highest BCUT2D eigenvalue weighted by atomic mass is 16.6. The number of carbonyl (C=O) groups excluding carboxylic acids is 1. The molecule has 1 saturated carbocycles. The molecule has 5 heteroatoms. The lowest BCUT2D eigenvalue weighted by Crippen LogP contribution is -2.51. The Morgan fingerprint density at radius 2 is 2.05 bits per heavy atom. The van der Waals surface area contributed by atoms with Gasteiger partial charge in [0.25, 0.3) is 0 Å². The second-order valence-electron chi connectivity index (χ2n) is 7.50. The van der Waals surface area contributed by atoms with Crippen LogP contribution in [-0.2, 0) is 4.74 Å². The molecule has 3 atom stereocenters. The Hall–Kier alpha value is -1.28. The Labute approximate surface area is 134 Å². The maximum absolute atomic E-state index is 12.4. The molecule has 2 aliphatic rings. The first-order valence-corrected chi connectivity index (χ1v) is 8.53. The third-order valence-electron chi connectivity index (χ3n) is 4.55. The molecule has 124 valence electrons. The van der Waals surface area contributed by atoms with Gasteiger partial charge in [0.2, 0.25) is 0 Å². The van der Waals surface area contributed by atoms with Gasteiger partial charge in [-0.05, 0) is 52.9 Å². The van der Waals surface area contributed by atoms with Crippen molar-refractivity contribution < 1.29 is 9.53 Å². The monoisotopic (exact) mass is 307 g/mol. The summed E-state index contributed by atoms with van der Waals surface area (Å²) in [5.74, 6) is 0.124. The number of ether oxygens (including phenoxy) is 1. The van der Waals surface area contributed by atoms with E-state index in [4.69, 9.17) is 10.00 Å². The largest absolute Gasteiger partial charge is 0.444 e. The van der Waals surface area contributed by atoms with Gasteiger partial charge in [0.15, 0.2) is 0 Å². The van der Waals surface area contributed by atoms with E-state index in [-0.39, 0.29) is 24.1 Å². The summed E-state index contributed by atoms with van der Waals surface area (Å²) in [5.41, 5.74) is -0.454. The van der Waals surface area contributed by atoms with Crippen molar-refractivity contribution in [2.24, 2.45) is 5.92 Å². The molecule has 0 aromatic rings. The highest BCUT2D eigenvalue weighted by Gasteiger charge is 2.32. The number of nitrogens with zero attached hydrogens (tertiary/aromatic N) is 2. The first-order chi connectivity index (χ1) is 10.4. The molecule has 3 unspecified atom stereocenters. The average molecular weight is 307 g/mol. The number of amides is 1. The maximum Gasteiger partial charge on any atom is 0.410 e. The van der Waals surface area contributed by atoms with Crippen molar-refractivity contribution in [3.05, 3.63) is 0 Å². The summed E-state index contributed by atoms with van der Waals surface area (Å²) in [4.78, 5) is 14.2. The zero-order valence-electron chi connectivity index (χ0n) is 14.1. The van der Waals surface area contributed by atoms with E-state index in [9.17, 15) is 4.79 Å². The van der Waals surface area contributed by atoms with E-state index in [0.29, 0.717) is 0 Å². The Morgan fingerprint density at radius 3 is 2.73 bits per heavy atom. The Kier molecular flexibility index (Phi) is 5.69. The minimum atomic E-state index is -0.454. The fourth-order valence-electron chi connectivity index (χ4n) is 3.42. The van der Waals surface area contributed by atoms with E-state index in [0.717, 1.165) is 51.6 Å². The first-order valence-electron chi connectivity index (χ1n) is 8.53. The van der Waals surface area contributed by atoms with E-state index in [1.165, 1.54) is 0 Å². The van der Waals surface area contributed by atoms with Crippen LogP contribution in [-0.4, -0.2) is 41.8 Å². The van der Waals surface area contributed by atoms with Crippen LogP contribution in [0.25, 0.3) is 0 Å². The summed E-state index contributed by atoms with van der Waals surface area (Å²) in [6.07, 6.45) is 6.18. The van der Waals surface area contributed by atoms with Crippen molar-refractivity contribution in [1.29, 1.82) is 5.26 Å². The van der Waals surface area contributed by atoms with Crippen molar-refractivity contribution in [2.45, 2.75) is 77.0 Å². The number of nitriles is 1. The van der Waals surface area contributed by atoms with Crippen LogP contribution in [0, 0.1) is 17.2 Å². The quantitative estimate of drug-likeness (QED) is 0.870. The maximum atomic E-state index is 12.4. The zero-order chi connectivity index (χ0) is 16.2. The molecule has 1 N–H and O–H groups in total. The summed E-state index contributed by atoms with van der Waals surface area (Å²) in [6, 6.07) is 2.87.